The summed E-state index contributed by atoms with van der Waals surface area (Å²) in [6.45, 7) is 2.47. The van der Waals surface area contributed by atoms with E-state index in [2.05, 4.69) is 5.32 Å². The van der Waals surface area contributed by atoms with E-state index in [9.17, 15) is 4.79 Å². The van der Waals surface area contributed by atoms with E-state index in [0.717, 1.165) is 24.1 Å². The molecule has 0 bridgehead atoms. The monoisotopic (exact) mass is 234 g/mol. The zero-order valence-electron chi connectivity index (χ0n) is 9.98. The predicted molar refractivity (Wildman–Crippen MR) is 66.8 cm³/mol. The van der Waals surface area contributed by atoms with E-state index in [1.54, 1.807) is 0 Å². The molecule has 0 aliphatic carbocycles. The van der Waals surface area contributed by atoms with Gasteiger partial charge < -0.3 is 15.8 Å². The Bertz CT molecular complexity index is 406. The van der Waals surface area contributed by atoms with Crippen molar-refractivity contribution in [3.05, 3.63) is 29.8 Å². The number of nitrogens with two attached hydrogens (primary N) is 1. The first kappa shape index (κ1) is 12.1. The summed E-state index contributed by atoms with van der Waals surface area (Å²) >= 11 is 0. The Kier molecular flexibility index (Phi) is 3.76. The molecule has 0 saturated carbocycles. The first-order valence-corrected chi connectivity index (χ1v) is 5.92. The van der Waals surface area contributed by atoms with E-state index < -0.39 is 0 Å². The summed E-state index contributed by atoms with van der Waals surface area (Å²) in [5, 5.41) is 2.86. The van der Waals surface area contributed by atoms with Crippen molar-refractivity contribution < 1.29 is 9.53 Å². The van der Waals surface area contributed by atoms with Crippen LogP contribution in [0.2, 0.25) is 0 Å². The Morgan fingerprint density at radius 3 is 3.00 bits per heavy atom. The average Bonchev–Trinajstić information content (AvgIpc) is 2.77. The fourth-order valence-corrected chi connectivity index (χ4v) is 2.02. The number of benzene rings is 1. The van der Waals surface area contributed by atoms with Crippen molar-refractivity contribution in [3.8, 4) is 0 Å². The fraction of sp³-hybridized carbons (Fsp3) is 0.462. The maximum atomic E-state index is 11.9. The molecule has 1 heterocycles. The summed E-state index contributed by atoms with van der Waals surface area (Å²) in [5.74, 6) is -0.0773. The highest BCUT2D eigenvalue weighted by Gasteiger charge is 2.29. The van der Waals surface area contributed by atoms with E-state index in [1.807, 2.05) is 31.2 Å². The number of nitrogens with one attached hydrogen (secondary N) is 1. The van der Waals surface area contributed by atoms with Crippen molar-refractivity contribution in [1.82, 2.24) is 0 Å². The first-order chi connectivity index (χ1) is 8.19. The van der Waals surface area contributed by atoms with Crippen LogP contribution >= 0.6 is 0 Å². The standard InChI is InChI=1S/C13H18N2O2/c1-9-3-2-4-10(7-9)15-13(16)12-6-5-11(8-14)17-12/h2-4,7,11-12H,5-6,8,14H2,1H3,(H,15,16). The Hall–Kier alpha value is -1.39. The molecule has 2 unspecified atom stereocenters. The summed E-state index contributed by atoms with van der Waals surface area (Å²) in [5.41, 5.74) is 7.45. The van der Waals surface area contributed by atoms with Crippen LogP contribution in [0.15, 0.2) is 24.3 Å². The third-order valence-corrected chi connectivity index (χ3v) is 2.95. The van der Waals surface area contributed by atoms with Crippen LogP contribution in [0, 0.1) is 6.92 Å². The lowest BCUT2D eigenvalue weighted by Crippen LogP contribution is -2.29. The van der Waals surface area contributed by atoms with Gasteiger partial charge >= 0.3 is 0 Å². The molecule has 2 rings (SSSR count). The lowest BCUT2D eigenvalue weighted by Gasteiger charge is -2.12. The summed E-state index contributed by atoms with van der Waals surface area (Å²) < 4.78 is 5.54. The molecule has 1 fully saturated rings. The molecule has 0 spiro atoms. The van der Waals surface area contributed by atoms with Crippen LogP contribution in [0.3, 0.4) is 0 Å². The molecule has 3 N–H and O–H groups in total. The molecule has 4 heteroatoms. The lowest BCUT2D eigenvalue weighted by molar-refractivity contribution is -0.126. The number of anilines is 1. The molecule has 4 nitrogen and oxygen atoms in total. The second-order valence-corrected chi connectivity index (χ2v) is 4.42. The van der Waals surface area contributed by atoms with Gasteiger partial charge in [0, 0.05) is 12.2 Å². The molecular weight excluding hydrogens is 216 g/mol. The number of hydrogen-bond acceptors (Lipinski definition) is 3. The zero-order valence-corrected chi connectivity index (χ0v) is 9.98. The summed E-state index contributed by atoms with van der Waals surface area (Å²) in [6, 6.07) is 7.73. The van der Waals surface area contributed by atoms with Gasteiger partial charge in [-0.2, -0.15) is 0 Å². The summed E-state index contributed by atoms with van der Waals surface area (Å²) in [4.78, 5) is 11.9. The quantitative estimate of drug-likeness (QED) is 0.831. The number of ether oxygens (including phenoxy) is 1. The van der Waals surface area contributed by atoms with Crippen LogP contribution in [-0.2, 0) is 9.53 Å². The lowest BCUT2D eigenvalue weighted by atomic mass is 10.1. The molecule has 2 atom stereocenters. The Balaban J connectivity index is 1.93. The Labute approximate surface area is 101 Å². The molecule has 1 aliphatic heterocycles. The minimum atomic E-state index is -0.357. The van der Waals surface area contributed by atoms with E-state index in [0.29, 0.717) is 6.54 Å². The first-order valence-electron chi connectivity index (χ1n) is 5.92. The second kappa shape index (κ2) is 5.29. The van der Waals surface area contributed by atoms with Crippen molar-refractivity contribution in [1.29, 1.82) is 0 Å². The molecular formula is C13H18N2O2. The Morgan fingerprint density at radius 2 is 2.35 bits per heavy atom. The van der Waals surface area contributed by atoms with Crippen LogP contribution in [-0.4, -0.2) is 24.7 Å². The van der Waals surface area contributed by atoms with Gasteiger partial charge in [0.05, 0.1) is 6.10 Å². The van der Waals surface area contributed by atoms with Gasteiger partial charge in [-0.15, -0.1) is 0 Å². The van der Waals surface area contributed by atoms with Gasteiger partial charge in [0.15, 0.2) is 0 Å². The van der Waals surface area contributed by atoms with Gasteiger partial charge in [-0.05, 0) is 37.5 Å². The third-order valence-electron chi connectivity index (χ3n) is 2.95. The number of amides is 1. The number of rotatable bonds is 3. The smallest absolute Gasteiger partial charge is 0.253 e. The summed E-state index contributed by atoms with van der Waals surface area (Å²) in [7, 11) is 0. The maximum absolute atomic E-state index is 11.9. The predicted octanol–water partition coefficient (Wildman–Crippen LogP) is 1.44. The number of aryl methyl sites for hydroxylation is 1. The minimum absolute atomic E-state index is 0.0308. The number of carbonyl (C=O) groups is 1. The highest BCUT2D eigenvalue weighted by atomic mass is 16.5. The fourth-order valence-electron chi connectivity index (χ4n) is 2.02. The highest BCUT2D eigenvalue weighted by molar-refractivity contribution is 5.94. The Morgan fingerprint density at radius 1 is 1.53 bits per heavy atom. The van der Waals surface area contributed by atoms with Crippen molar-refractivity contribution >= 4 is 11.6 Å². The van der Waals surface area contributed by atoms with E-state index >= 15 is 0 Å². The van der Waals surface area contributed by atoms with E-state index in [1.165, 1.54) is 0 Å². The van der Waals surface area contributed by atoms with Crippen LogP contribution in [0.25, 0.3) is 0 Å². The van der Waals surface area contributed by atoms with Crippen molar-refractivity contribution in [3.63, 3.8) is 0 Å². The zero-order chi connectivity index (χ0) is 12.3. The molecule has 1 aliphatic rings. The van der Waals surface area contributed by atoms with Crippen molar-refractivity contribution in [2.75, 3.05) is 11.9 Å². The molecule has 1 aromatic rings. The molecule has 17 heavy (non-hydrogen) atoms. The molecule has 0 aromatic heterocycles. The molecule has 1 saturated heterocycles. The normalized spacial score (nSPS) is 23.6. The van der Waals surface area contributed by atoms with Gasteiger partial charge in [0.1, 0.15) is 6.10 Å². The minimum Gasteiger partial charge on any atom is -0.364 e. The van der Waals surface area contributed by atoms with E-state index in [4.69, 9.17) is 10.5 Å². The maximum Gasteiger partial charge on any atom is 0.253 e. The number of carbonyl (C=O) groups excluding carboxylic acids is 1. The number of hydrogen-bond donors (Lipinski definition) is 2. The molecule has 0 radical (unpaired) electrons. The van der Waals surface area contributed by atoms with Gasteiger partial charge in [-0.25, -0.2) is 0 Å². The van der Waals surface area contributed by atoms with Gasteiger partial charge in [-0.1, -0.05) is 12.1 Å². The second-order valence-electron chi connectivity index (χ2n) is 4.42. The van der Waals surface area contributed by atoms with Crippen LogP contribution in [0.5, 0.6) is 0 Å². The van der Waals surface area contributed by atoms with Crippen molar-refractivity contribution in [2.24, 2.45) is 5.73 Å². The molecule has 1 aromatic carbocycles. The largest absolute Gasteiger partial charge is 0.364 e. The van der Waals surface area contributed by atoms with Gasteiger partial charge in [0.25, 0.3) is 5.91 Å². The van der Waals surface area contributed by atoms with Gasteiger partial charge in [-0.3, -0.25) is 4.79 Å². The third kappa shape index (κ3) is 3.05. The molecule has 1 amide bonds. The van der Waals surface area contributed by atoms with Gasteiger partial charge in [0.2, 0.25) is 0 Å². The van der Waals surface area contributed by atoms with Crippen molar-refractivity contribution in [2.45, 2.75) is 32.0 Å². The summed E-state index contributed by atoms with van der Waals surface area (Å²) in [6.07, 6.45) is 1.29. The van der Waals surface area contributed by atoms with Crippen LogP contribution < -0.4 is 11.1 Å². The molecule has 92 valence electrons. The van der Waals surface area contributed by atoms with Crippen LogP contribution in [0.4, 0.5) is 5.69 Å². The SMILES string of the molecule is Cc1cccc(NC(=O)C2CCC(CN)O2)c1. The average molecular weight is 234 g/mol. The van der Waals surface area contributed by atoms with Crippen LogP contribution in [0.1, 0.15) is 18.4 Å². The topological polar surface area (TPSA) is 64.4 Å². The van der Waals surface area contributed by atoms with E-state index in [-0.39, 0.29) is 18.1 Å². The highest BCUT2D eigenvalue weighted by Crippen LogP contribution is 2.20.